The maximum Gasteiger partial charge on any atom is 0.508 e. The van der Waals surface area contributed by atoms with Gasteiger partial charge in [-0.25, -0.2) is 29.0 Å². The van der Waals surface area contributed by atoms with E-state index in [1.807, 2.05) is 0 Å². The van der Waals surface area contributed by atoms with Gasteiger partial charge in [-0.2, -0.15) is 0 Å². The van der Waals surface area contributed by atoms with Crippen molar-refractivity contribution in [1.82, 2.24) is 0 Å². The van der Waals surface area contributed by atoms with Gasteiger partial charge in [0.1, 0.15) is 25.7 Å². The van der Waals surface area contributed by atoms with Gasteiger partial charge in [0.15, 0.2) is 0 Å². The molecule has 124 valence electrons. The molecule has 0 radical (unpaired) electrons. The molecule has 11 heteroatoms. The van der Waals surface area contributed by atoms with E-state index >= 15 is 0 Å². The van der Waals surface area contributed by atoms with Crippen molar-refractivity contribution in [2.75, 3.05) is 33.0 Å². The normalized spacial score (nSPS) is 17.2. The number of carbonyl (C=O) groups excluding carboxylic acids is 3. The first kappa shape index (κ1) is 17.5. The van der Waals surface area contributed by atoms with E-state index in [4.69, 9.17) is 9.84 Å². The van der Waals surface area contributed by atoms with Crippen LogP contribution in [0.3, 0.4) is 0 Å². The Morgan fingerprint density at radius 1 is 1.05 bits per heavy atom. The van der Waals surface area contributed by atoms with E-state index < -0.39 is 30.2 Å². The predicted molar refractivity (Wildman–Crippen MR) is 62.4 cm³/mol. The van der Waals surface area contributed by atoms with Crippen molar-refractivity contribution in [2.24, 2.45) is 5.92 Å². The second kappa shape index (κ2) is 9.39. The number of rotatable bonds is 8. The first-order chi connectivity index (χ1) is 10.5. The average molecular weight is 322 g/mol. The molecule has 1 saturated heterocycles. The molecule has 1 aliphatic heterocycles. The third kappa shape index (κ3) is 7.28. The van der Waals surface area contributed by atoms with Crippen LogP contribution in [-0.4, -0.2) is 62.4 Å². The first-order valence-electron chi connectivity index (χ1n) is 6.13. The molecule has 0 aromatic carbocycles. The highest BCUT2D eigenvalue weighted by Gasteiger charge is 2.33. The van der Waals surface area contributed by atoms with Crippen LogP contribution in [0.4, 0.5) is 9.59 Å². The summed E-state index contributed by atoms with van der Waals surface area (Å²) in [4.78, 5) is 51.3. The second-order valence-corrected chi connectivity index (χ2v) is 3.89. The van der Waals surface area contributed by atoms with Crippen LogP contribution in [0.5, 0.6) is 0 Å². The SMILES string of the molecule is O=C(O)OCCOCCOC(=O)OCC1CC(=O)OOC1=O. The molecule has 1 heterocycles. The molecular formula is C11H14O11. The van der Waals surface area contributed by atoms with Crippen molar-refractivity contribution in [1.29, 1.82) is 0 Å². The number of ether oxygens (including phenoxy) is 4. The van der Waals surface area contributed by atoms with Crippen LogP contribution in [0.15, 0.2) is 0 Å². The van der Waals surface area contributed by atoms with E-state index in [1.165, 1.54) is 0 Å². The van der Waals surface area contributed by atoms with Crippen molar-refractivity contribution in [3.8, 4) is 0 Å². The molecule has 0 amide bonds. The molecule has 1 rings (SSSR count). The minimum atomic E-state index is -1.41. The molecular weight excluding hydrogens is 308 g/mol. The Bertz CT molecular complexity index is 418. The average Bonchev–Trinajstić information content (AvgIpc) is 2.47. The van der Waals surface area contributed by atoms with E-state index in [9.17, 15) is 19.2 Å². The van der Waals surface area contributed by atoms with E-state index in [0.29, 0.717) is 0 Å². The lowest BCUT2D eigenvalue weighted by molar-refractivity contribution is -0.274. The summed E-state index contributed by atoms with van der Waals surface area (Å²) in [6.07, 6.45) is -2.70. The molecule has 0 aromatic heterocycles. The number of carboxylic acid groups (broad SMARTS) is 1. The smallest absolute Gasteiger partial charge is 0.450 e. The summed E-state index contributed by atoms with van der Waals surface area (Å²) >= 11 is 0. The van der Waals surface area contributed by atoms with Crippen molar-refractivity contribution >= 4 is 24.2 Å². The molecule has 0 saturated carbocycles. The number of hydrogen-bond acceptors (Lipinski definition) is 10. The van der Waals surface area contributed by atoms with Gasteiger partial charge < -0.3 is 24.1 Å². The highest BCUT2D eigenvalue weighted by Crippen LogP contribution is 2.14. The third-order valence-electron chi connectivity index (χ3n) is 2.27. The minimum absolute atomic E-state index is 0.00980. The summed E-state index contributed by atoms with van der Waals surface area (Å²) in [5, 5.41) is 8.17. The molecule has 0 spiro atoms. The lowest BCUT2D eigenvalue weighted by atomic mass is 10.1. The lowest BCUT2D eigenvalue weighted by Gasteiger charge is -2.17. The minimum Gasteiger partial charge on any atom is -0.450 e. The zero-order valence-corrected chi connectivity index (χ0v) is 11.3. The molecule has 1 atom stereocenters. The van der Waals surface area contributed by atoms with Crippen LogP contribution in [0.25, 0.3) is 0 Å². The van der Waals surface area contributed by atoms with E-state index in [-0.39, 0.29) is 39.5 Å². The molecule has 1 N–H and O–H groups in total. The number of hydrogen-bond donors (Lipinski definition) is 1. The Hall–Kier alpha value is -2.56. The fraction of sp³-hybridized carbons (Fsp3) is 0.636. The van der Waals surface area contributed by atoms with Crippen molar-refractivity contribution in [3.63, 3.8) is 0 Å². The maximum atomic E-state index is 11.2. The standard InChI is InChI=1S/C11H14O11/c12-8-5-7(9(13)22-21-8)6-20-11(16)19-4-2-17-1-3-18-10(14)15/h7H,1-6H2,(H,14,15). The number of carbonyl (C=O) groups is 4. The van der Waals surface area contributed by atoms with Gasteiger partial charge >= 0.3 is 24.2 Å². The van der Waals surface area contributed by atoms with Gasteiger partial charge in [-0.05, 0) is 0 Å². The molecule has 1 aliphatic rings. The molecule has 0 aromatic rings. The highest BCUT2D eigenvalue weighted by molar-refractivity contribution is 5.83. The molecule has 11 nitrogen and oxygen atoms in total. The summed E-state index contributed by atoms with van der Waals surface area (Å²) in [6, 6.07) is 0. The van der Waals surface area contributed by atoms with Crippen LogP contribution in [-0.2, 0) is 38.3 Å². The van der Waals surface area contributed by atoms with Crippen LogP contribution in [0.1, 0.15) is 6.42 Å². The molecule has 0 aliphatic carbocycles. The van der Waals surface area contributed by atoms with Crippen LogP contribution in [0, 0.1) is 5.92 Å². The predicted octanol–water partition coefficient (Wildman–Crippen LogP) is -0.128. The van der Waals surface area contributed by atoms with Crippen LogP contribution < -0.4 is 0 Å². The van der Waals surface area contributed by atoms with Gasteiger partial charge in [-0.3, -0.25) is 0 Å². The van der Waals surface area contributed by atoms with Gasteiger partial charge in [0, 0.05) is 0 Å². The van der Waals surface area contributed by atoms with E-state index in [0.717, 1.165) is 0 Å². The van der Waals surface area contributed by atoms with Crippen molar-refractivity contribution in [3.05, 3.63) is 0 Å². The molecule has 22 heavy (non-hydrogen) atoms. The highest BCUT2D eigenvalue weighted by atomic mass is 17.2. The quantitative estimate of drug-likeness (QED) is 0.362. The summed E-state index contributed by atoms with van der Waals surface area (Å²) in [6.45, 7) is -0.626. The maximum absolute atomic E-state index is 11.2. The van der Waals surface area contributed by atoms with Gasteiger partial charge in [-0.15, -0.1) is 0 Å². The second-order valence-electron chi connectivity index (χ2n) is 3.89. The summed E-state index contributed by atoms with van der Waals surface area (Å²) in [5.74, 6) is -2.48. The largest absolute Gasteiger partial charge is 0.508 e. The summed E-state index contributed by atoms with van der Waals surface area (Å²) in [7, 11) is 0. The fourth-order valence-electron chi connectivity index (χ4n) is 1.29. The Balaban J connectivity index is 2.02. The Labute approximate surface area is 123 Å². The van der Waals surface area contributed by atoms with Gasteiger partial charge in [0.05, 0.1) is 19.6 Å². The summed E-state index contributed by atoms with van der Waals surface area (Å²) in [5.41, 5.74) is 0. The Morgan fingerprint density at radius 2 is 1.73 bits per heavy atom. The summed E-state index contributed by atoms with van der Waals surface area (Å²) < 4.78 is 18.3. The topological polar surface area (TPSA) is 144 Å². The molecule has 1 fully saturated rings. The van der Waals surface area contributed by atoms with E-state index in [1.54, 1.807) is 0 Å². The van der Waals surface area contributed by atoms with Crippen molar-refractivity contribution in [2.45, 2.75) is 6.42 Å². The Morgan fingerprint density at radius 3 is 2.41 bits per heavy atom. The van der Waals surface area contributed by atoms with Gasteiger partial charge in [0.2, 0.25) is 0 Å². The monoisotopic (exact) mass is 322 g/mol. The van der Waals surface area contributed by atoms with Crippen molar-refractivity contribution < 1.29 is 53.0 Å². The molecule has 0 bridgehead atoms. The fourth-order valence-corrected chi connectivity index (χ4v) is 1.29. The van der Waals surface area contributed by atoms with E-state index in [2.05, 4.69) is 24.0 Å². The Kier molecular flexibility index (Phi) is 7.47. The van der Waals surface area contributed by atoms with Crippen LogP contribution in [0.2, 0.25) is 0 Å². The molecule has 1 unspecified atom stereocenters. The van der Waals surface area contributed by atoms with Gasteiger partial charge in [0.25, 0.3) is 0 Å². The third-order valence-corrected chi connectivity index (χ3v) is 2.27. The zero-order chi connectivity index (χ0) is 16.4. The van der Waals surface area contributed by atoms with Gasteiger partial charge in [-0.1, -0.05) is 0 Å². The zero-order valence-electron chi connectivity index (χ0n) is 11.3. The van der Waals surface area contributed by atoms with Crippen LogP contribution >= 0.6 is 0 Å². The first-order valence-corrected chi connectivity index (χ1v) is 6.13. The lowest BCUT2D eigenvalue weighted by Crippen LogP contribution is -2.33.